The Morgan fingerprint density at radius 2 is 1.75 bits per heavy atom. The fourth-order valence-electron chi connectivity index (χ4n) is 0.422. The number of primary amides is 1. The van der Waals surface area contributed by atoms with Crippen molar-refractivity contribution in [2.24, 2.45) is 5.73 Å². The van der Waals surface area contributed by atoms with E-state index < -0.39 is 17.9 Å². The summed E-state index contributed by atoms with van der Waals surface area (Å²) in [5, 5.41) is 8.02. The molecule has 3 amide bonds. The summed E-state index contributed by atoms with van der Waals surface area (Å²) in [7, 11) is 0. The van der Waals surface area contributed by atoms with Crippen LogP contribution in [0.25, 0.3) is 0 Å². The molecule has 7 heteroatoms. The Labute approximate surface area is 67.9 Å². The van der Waals surface area contributed by atoms with Gasteiger partial charge in [-0.1, -0.05) is 0 Å². The summed E-state index contributed by atoms with van der Waals surface area (Å²) in [6.45, 7) is 0. The number of carbonyl (C=O) groups excluding carboxylic acids is 2. The van der Waals surface area contributed by atoms with E-state index in [2.05, 4.69) is 0 Å². The maximum atomic E-state index is 10.6. The number of hydrogen-bond acceptors (Lipinski definition) is 3. The van der Waals surface area contributed by atoms with Crippen LogP contribution < -0.4 is 16.6 Å². The third-order valence-electron chi connectivity index (χ3n) is 0.907. The van der Waals surface area contributed by atoms with Gasteiger partial charge in [0.2, 0.25) is 11.8 Å². The fourth-order valence-corrected chi connectivity index (χ4v) is 0.422. The summed E-state index contributed by atoms with van der Waals surface area (Å²) >= 11 is 0. The van der Waals surface area contributed by atoms with E-state index in [9.17, 15) is 14.4 Å². The van der Waals surface area contributed by atoms with Crippen LogP contribution in [0.3, 0.4) is 0 Å². The van der Waals surface area contributed by atoms with Crippen LogP contribution in [0.4, 0.5) is 4.79 Å². The van der Waals surface area contributed by atoms with Crippen LogP contribution in [0.2, 0.25) is 0 Å². The molecule has 5 N–H and O–H groups in total. The highest BCUT2D eigenvalue weighted by Gasteiger charge is 2.03. The lowest BCUT2D eigenvalue weighted by atomic mass is 10.3. The average Bonchev–Trinajstić information content (AvgIpc) is 1.96. The second-order valence-electron chi connectivity index (χ2n) is 1.94. The lowest BCUT2D eigenvalue weighted by Crippen LogP contribution is -2.40. The standard InChI is InChI=1S/C5H9N3O4/c6-3(9)1-2-4(10)7-8-5(11)12/h8H,1-2H2,(H2,6,9)(H,7,10)(H,11,12). The molecule has 0 heterocycles. The molecule has 0 aromatic rings. The van der Waals surface area contributed by atoms with Gasteiger partial charge in [-0.15, -0.1) is 0 Å². The van der Waals surface area contributed by atoms with E-state index in [-0.39, 0.29) is 12.8 Å². The summed E-state index contributed by atoms with van der Waals surface area (Å²) in [6.07, 6.45) is -1.61. The zero-order valence-corrected chi connectivity index (χ0v) is 6.16. The molecule has 7 nitrogen and oxygen atoms in total. The lowest BCUT2D eigenvalue weighted by molar-refractivity contribution is -0.125. The second-order valence-corrected chi connectivity index (χ2v) is 1.94. The molecule has 0 aliphatic heterocycles. The van der Waals surface area contributed by atoms with Crippen molar-refractivity contribution in [3.8, 4) is 0 Å². The largest absolute Gasteiger partial charge is 0.464 e. The van der Waals surface area contributed by atoms with E-state index in [1.54, 1.807) is 5.43 Å². The van der Waals surface area contributed by atoms with Crippen LogP contribution in [-0.2, 0) is 9.59 Å². The van der Waals surface area contributed by atoms with Crippen LogP contribution in [-0.4, -0.2) is 23.0 Å². The summed E-state index contributed by atoms with van der Waals surface area (Å²) < 4.78 is 0. The molecule has 0 aliphatic carbocycles. The Morgan fingerprint density at radius 3 is 2.17 bits per heavy atom. The SMILES string of the molecule is NC(=O)CCC(=O)NNC(=O)O. The Morgan fingerprint density at radius 1 is 1.17 bits per heavy atom. The Bertz CT molecular complexity index is 183. The number of nitrogens with two attached hydrogens (primary N) is 1. The molecule has 0 saturated carbocycles. The van der Waals surface area contributed by atoms with Crippen LogP contribution in [0.1, 0.15) is 12.8 Å². The third kappa shape index (κ3) is 6.33. The highest BCUT2D eigenvalue weighted by molar-refractivity contribution is 5.83. The molecule has 0 aromatic heterocycles. The average molecular weight is 175 g/mol. The van der Waals surface area contributed by atoms with Crippen LogP contribution >= 0.6 is 0 Å². The Hall–Kier alpha value is -1.79. The summed E-state index contributed by atoms with van der Waals surface area (Å²) in [5.41, 5.74) is 8.22. The molecule has 0 saturated heterocycles. The topological polar surface area (TPSA) is 122 Å². The van der Waals surface area contributed by atoms with Crippen molar-refractivity contribution >= 4 is 17.9 Å². The van der Waals surface area contributed by atoms with Crippen molar-refractivity contribution < 1.29 is 19.5 Å². The van der Waals surface area contributed by atoms with E-state index in [0.717, 1.165) is 0 Å². The minimum atomic E-state index is -1.37. The van der Waals surface area contributed by atoms with Crippen molar-refractivity contribution in [2.75, 3.05) is 0 Å². The Balaban J connectivity index is 3.47. The van der Waals surface area contributed by atoms with E-state index >= 15 is 0 Å². The molecule has 12 heavy (non-hydrogen) atoms. The molecule has 0 aromatic carbocycles. The van der Waals surface area contributed by atoms with Gasteiger partial charge in [0.1, 0.15) is 0 Å². The highest BCUT2D eigenvalue weighted by Crippen LogP contribution is 1.85. The molecule has 0 radical (unpaired) electrons. The van der Waals surface area contributed by atoms with Crippen molar-refractivity contribution in [2.45, 2.75) is 12.8 Å². The van der Waals surface area contributed by atoms with Gasteiger partial charge in [-0.2, -0.15) is 0 Å². The molecule has 0 fully saturated rings. The molecule has 0 atom stereocenters. The fraction of sp³-hybridized carbons (Fsp3) is 0.400. The summed E-state index contributed by atoms with van der Waals surface area (Å²) in [4.78, 5) is 30.6. The van der Waals surface area contributed by atoms with Gasteiger partial charge in [-0.25, -0.2) is 10.2 Å². The predicted octanol–water partition coefficient (Wildman–Crippen LogP) is -1.45. The monoisotopic (exact) mass is 175 g/mol. The number of hydrogen-bond donors (Lipinski definition) is 4. The van der Waals surface area contributed by atoms with Gasteiger partial charge in [-0.3, -0.25) is 15.0 Å². The first-order valence-electron chi connectivity index (χ1n) is 3.08. The lowest BCUT2D eigenvalue weighted by Gasteiger charge is -2.01. The minimum absolute atomic E-state index is 0.104. The number of carboxylic acid groups (broad SMARTS) is 1. The van der Waals surface area contributed by atoms with Crippen molar-refractivity contribution in [1.82, 2.24) is 10.9 Å². The molecule has 0 spiro atoms. The quantitative estimate of drug-likeness (QED) is 0.392. The van der Waals surface area contributed by atoms with Gasteiger partial charge in [-0.05, 0) is 0 Å². The van der Waals surface area contributed by atoms with Gasteiger partial charge in [0.05, 0.1) is 0 Å². The molecular formula is C5H9N3O4. The normalized spacial score (nSPS) is 8.67. The number of amides is 3. The predicted molar refractivity (Wildman–Crippen MR) is 37.7 cm³/mol. The van der Waals surface area contributed by atoms with E-state index in [0.29, 0.717) is 0 Å². The molecule has 0 aliphatic rings. The van der Waals surface area contributed by atoms with Crippen molar-refractivity contribution in [1.29, 1.82) is 0 Å². The smallest absolute Gasteiger partial charge is 0.423 e. The first kappa shape index (κ1) is 10.2. The van der Waals surface area contributed by atoms with E-state index in [1.165, 1.54) is 0 Å². The first-order chi connectivity index (χ1) is 5.52. The number of hydrazine groups is 1. The molecule has 68 valence electrons. The number of carbonyl (C=O) groups is 3. The Kier molecular flexibility index (Phi) is 4.20. The van der Waals surface area contributed by atoms with Crippen molar-refractivity contribution in [3.05, 3.63) is 0 Å². The van der Waals surface area contributed by atoms with E-state index in [4.69, 9.17) is 10.8 Å². The maximum Gasteiger partial charge on any atom is 0.423 e. The summed E-state index contributed by atoms with van der Waals surface area (Å²) in [6, 6.07) is 0. The van der Waals surface area contributed by atoms with Crippen LogP contribution in [0.5, 0.6) is 0 Å². The number of rotatable bonds is 3. The van der Waals surface area contributed by atoms with Gasteiger partial charge in [0.25, 0.3) is 0 Å². The van der Waals surface area contributed by atoms with Gasteiger partial charge < -0.3 is 10.8 Å². The van der Waals surface area contributed by atoms with E-state index in [1.807, 2.05) is 5.43 Å². The second kappa shape index (κ2) is 4.94. The molecule has 0 rings (SSSR count). The third-order valence-corrected chi connectivity index (χ3v) is 0.907. The van der Waals surface area contributed by atoms with Crippen LogP contribution in [0, 0.1) is 0 Å². The highest BCUT2D eigenvalue weighted by atomic mass is 16.4. The van der Waals surface area contributed by atoms with Gasteiger partial charge >= 0.3 is 6.09 Å². The van der Waals surface area contributed by atoms with Crippen molar-refractivity contribution in [3.63, 3.8) is 0 Å². The summed E-state index contributed by atoms with van der Waals surface area (Å²) in [5.74, 6) is -1.21. The maximum absolute atomic E-state index is 10.6. The molecule has 0 unspecified atom stereocenters. The molecule has 0 bridgehead atoms. The zero-order valence-electron chi connectivity index (χ0n) is 6.16. The zero-order chi connectivity index (χ0) is 9.56. The van der Waals surface area contributed by atoms with Crippen LogP contribution in [0.15, 0.2) is 0 Å². The molecular weight excluding hydrogens is 166 g/mol. The van der Waals surface area contributed by atoms with Gasteiger partial charge in [0.15, 0.2) is 0 Å². The van der Waals surface area contributed by atoms with Gasteiger partial charge in [0, 0.05) is 12.8 Å². The minimum Gasteiger partial charge on any atom is -0.464 e. The number of nitrogens with one attached hydrogen (secondary N) is 2. The first-order valence-corrected chi connectivity index (χ1v) is 3.08.